The lowest BCUT2D eigenvalue weighted by Crippen LogP contribution is -2.22. The molecule has 0 amide bonds. The molecule has 1 rings (SSSR count). The summed E-state index contributed by atoms with van der Waals surface area (Å²) in [5.74, 6) is 0.776. The summed E-state index contributed by atoms with van der Waals surface area (Å²) in [6.07, 6.45) is 0.190. The van der Waals surface area contributed by atoms with E-state index in [4.69, 9.17) is 4.74 Å². The van der Waals surface area contributed by atoms with Gasteiger partial charge in [-0.05, 0) is 25.4 Å². The van der Waals surface area contributed by atoms with Crippen molar-refractivity contribution < 1.29 is 4.74 Å². The van der Waals surface area contributed by atoms with Crippen LogP contribution in [0.5, 0.6) is 5.88 Å². The third-order valence-corrected chi connectivity index (χ3v) is 2.31. The lowest BCUT2D eigenvalue weighted by Gasteiger charge is -2.10. The molecule has 0 atom stereocenters. The zero-order valence-electron chi connectivity index (χ0n) is 9.20. The molecule has 0 aliphatic carbocycles. The maximum absolute atomic E-state index is 5.58. The molecule has 1 heterocycles. The van der Waals surface area contributed by atoms with Crippen LogP contribution in [0.3, 0.4) is 0 Å². The fourth-order valence-electron chi connectivity index (χ4n) is 0.999. The van der Waals surface area contributed by atoms with Gasteiger partial charge in [-0.25, -0.2) is 0 Å². The highest BCUT2D eigenvalue weighted by atomic mass is 32.1. The molecule has 0 saturated heterocycles. The molecule has 80 valence electrons. The van der Waals surface area contributed by atoms with Crippen LogP contribution in [0.1, 0.15) is 33.3 Å². The van der Waals surface area contributed by atoms with E-state index in [1.807, 2.05) is 19.2 Å². The van der Waals surface area contributed by atoms with E-state index in [0.717, 1.165) is 18.0 Å². The minimum atomic E-state index is 0.190. The van der Waals surface area contributed by atoms with E-state index in [0.29, 0.717) is 6.04 Å². The fraction of sp³-hybridized carbons (Fsp3) is 0.700. The fourth-order valence-corrected chi connectivity index (χ4v) is 1.62. The van der Waals surface area contributed by atoms with E-state index in [1.54, 1.807) is 0 Å². The van der Waals surface area contributed by atoms with Crippen LogP contribution in [0.25, 0.3) is 0 Å². The molecule has 0 aliphatic heterocycles. The molecule has 0 aliphatic rings. The summed E-state index contributed by atoms with van der Waals surface area (Å²) >= 11 is 1.44. The number of hydrogen-bond acceptors (Lipinski definition) is 4. The first kappa shape index (κ1) is 11.5. The smallest absolute Gasteiger partial charge is 0.229 e. The molecule has 1 N–H and O–H groups in total. The van der Waals surface area contributed by atoms with Crippen LogP contribution in [0.4, 0.5) is 0 Å². The predicted molar refractivity (Wildman–Crippen MR) is 59.9 cm³/mol. The van der Waals surface area contributed by atoms with Gasteiger partial charge in [-0.15, -0.1) is 0 Å². The summed E-state index contributed by atoms with van der Waals surface area (Å²) in [4.78, 5) is 0. The lowest BCUT2D eigenvalue weighted by atomic mass is 10.3. The highest BCUT2D eigenvalue weighted by Crippen LogP contribution is 2.19. The monoisotopic (exact) mass is 214 g/mol. The van der Waals surface area contributed by atoms with Crippen LogP contribution >= 0.6 is 11.5 Å². The van der Waals surface area contributed by atoms with Gasteiger partial charge < -0.3 is 10.1 Å². The third kappa shape index (κ3) is 3.64. The van der Waals surface area contributed by atoms with E-state index in [1.165, 1.54) is 11.5 Å². The molecule has 0 aromatic carbocycles. The van der Waals surface area contributed by atoms with Crippen LogP contribution in [-0.2, 0) is 6.54 Å². The van der Waals surface area contributed by atoms with Crippen LogP contribution in [0, 0.1) is 0 Å². The highest BCUT2D eigenvalue weighted by Gasteiger charge is 2.08. The third-order valence-electron chi connectivity index (χ3n) is 1.65. The first-order chi connectivity index (χ1) is 6.59. The Balaban J connectivity index is 2.53. The Morgan fingerprint density at radius 3 is 2.71 bits per heavy atom. The van der Waals surface area contributed by atoms with Crippen molar-refractivity contribution >= 4 is 11.5 Å². The summed E-state index contributed by atoms with van der Waals surface area (Å²) in [6, 6.07) is 0.488. The second-order valence-corrected chi connectivity index (χ2v) is 4.48. The second kappa shape index (κ2) is 5.32. The molecular weight excluding hydrogens is 196 g/mol. The zero-order valence-corrected chi connectivity index (χ0v) is 10.0. The maximum Gasteiger partial charge on any atom is 0.229 e. The van der Waals surface area contributed by atoms with Gasteiger partial charge in [0.1, 0.15) is 0 Å². The molecule has 3 nitrogen and oxygen atoms in total. The van der Waals surface area contributed by atoms with E-state index in [2.05, 4.69) is 23.5 Å². The first-order valence-corrected chi connectivity index (χ1v) is 5.76. The van der Waals surface area contributed by atoms with E-state index in [9.17, 15) is 0 Å². The molecule has 0 radical (unpaired) electrons. The average Bonchev–Trinajstić information content (AvgIpc) is 2.47. The van der Waals surface area contributed by atoms with Crippen LogP contribution in [0.15, 0.2) is 5.38 Å². The molecule has 0 fully saturated rings. The van der Waals surface area contributed by atoms with Crippen molar-refractivity contribution in [2.45, 2.75) is 46.4 Å². The van der Waals surface area contributed by atoms with Crippen LogP contribution < -0.4 is 10.1 Å². The predicted octanol–water partition coefficient (Wildman–Crippen LogP) is 2.43. The number of ether oxygens (including phenoxy) is 1. The van der Waals surface area contributed by atoms with Crippen LogP contribution in [-0.4, -0.2) is 16.5 Å². The van der Waals surface area contributed by atoms with Crippen molar-refractivity contribution in [3.8, 4) is 5.88 Å². The summed E-state index contributed by atoms with van der Waals surface area (Å²) in [6.45, 7) is 9.11. The number of hydrogen-bond donors (Lipinski definition) is 1. The Morgan fingerprint density at radius 1 is 1.43 bits per heavy atom. The minimum absolute atomic E-state index is 0.190. The maximum atomic E-state index is 5.58. The molecule has 0 unspecified atom stereocenters. The molecular formula is C10H18N2OS. The molecule has 4 heteroatoms. The molecule has 14 heavy (non-hydrogen) atoms. The SMILES string of the molecule is CC(C)NCc1csnc1OC(C)C. The molecule has 0 saturated carbocycles. The molecule has 1 aromatic heterocycles. The van der Waals surface area contributed by atoms with Gasteiger partial charge in [-0.1, -0.05) is 13.8 Å². The average molecular weight is 214 g/mol. The van der Waals surface area contributed by atoms with Gasteiger partial charge in [0, 0.05) is 23.5 Å². The van der Waals surface area contributed by atoms with Gasteiger partial charge in [0.05, 0.1) is 6.10 Å². The van der Waals surface area contributed by atoms with E-state index >= 15 is 0 Å². The van der Waals surface area contributed by atoms with Crippen molar-refractivity contribution in [2.24, 2.45) is 0 Å². The largest absolute Gasteiger partial charge is 0.474 e. The Kier molecular flexibility index (Phi) is 4.35. The van der Waals surface area contributed by atoms with Crippen molar-refractivity contribution in [1.29, 1.82) is 0 Å². The van der Waals surface area contributed by atoms with Crippen LogP contribution in [0.2, 0.25) is 0 Å². The topological polar surface area (TPSA) is 34.2 Å². The van der Waals surface area contributed by atoms with Gasteiger partial charge in [0.2, 0.25) is 5.88 Å². The quantitative estimate of drug-likeness (QED) is 0.817. The summed E-state index contributed by atoms with van der Waals surface area (Å²) < 4.78 is 9.79. The van der Waals surface area contributed by atoms with Gasteiger partial charge in [0.25, 0.3) is 0 Å². The van der Waals surface area contributed by atoms with Crippen molar-refractivity contribution in [3.05, 3.63) is 10.9 Å². The minimum Gasteiger partial charge on any atom is -0.474 e. The summed E-state index contributed by atoms with van der Waals surface area (Å²) in [5.41, 5.74) is 1.15. The lowest BCUT2D eigenvalue weighted by molar-refractivity contribution is 0.232. The molecule has 0 spiro atoms. The van der Waals surface area contributed by atoms with Crippen molar-refractivity contribution in [3.63, 3.8) is 0 Å². The van der Waals surface area contributed by atoms with E-state index in [-0.39, 0.29) is 6.10 Å². The molecule has 1 aromatic rings. The Morgan fingerprint density at radius 2 is 2.14 bits per heavy atom. The van der Waals surface area contributed by atoms with E-state index < -0.39 is 0 Å². The van der Waals surface area contributed by atoms with Gasteiger partial charge in [0.15, 0.2) is 0 Å². The standard InChI is InChI=1S/C10H18N2OS/c1-7(2)11-5-9-6-14-12-10(9)13-8(3)4/h6-8,11H,5H2,1-4H3. The highest BCUT2D eigenvalue weighted by molar-refractivity contribution is 7.03. The van der Waals surface area contributed by atoms with Gasteiger partial charge in [-0.2, -0.15) is 4.37 Å². The summed E-state index contributed by atoms with van der Waals surface area (Å²) in [5, 5.41) is 5.38. The van der Waals surface area contributed by atoms with Gasteiger partial charge in [-0.3, -0.25) is 0 Å². The van der Waals surface area contributed by atoms with Crippen molar-refractivity contribution in [1.82, 2.24) is 9.69 Å². The Hall–Kier alpha value is -0.610. The zero-order chi connectivity index (χ0) is 10.6. The second-order valence-electron chi connectivity index (χ2n) is 3.85. The number of aromatic nitrogens is 1. The summed E-state index contributed by atoms with van der Waals surface area (Å²) in [7, 11) is 0. The number of nitrogens with one attached hydrogen (secondary N) is 1. The first-order valence-electron chi connectivity index (χ1n) is 4.93. The van der Waals surface area contributed by atoms with Crippen molar-refractivity contribution in [2.75, 3.05) is 0 Å². The normalized spacial score (nSPS) is 11.3. The number of rotatable bonds is 5. The van der Waals surface area contributed by atoms with Gasteiger partial charge >= 0.3 is 0 Å². The Labute approximate surface area is 89.7 Å². The Bertz CT molecular complexity index is 271. The number of nitrogens with zero attached hydrogens (tertiary/aromatic N) is 1. The molecule has 0 bridgehead atoms.